The maximum absolute atomic E-state index is 11.1. The summed E-state index contributed by atoms with van der Waals surface area (Å²) in [6.07, 6.45) is 4.95. The molecule has 0 radical (unpaired) electrons. The van der Waals surface area contributed by atoms with Gasteiger partial charge in [-0.1, -0.05) is 5.92 Å². The molecular weight excluding hydrogens is 214 g/mol. The summed E-state index contributed by atoms with van der Waals surface area (Å²) in [7, 11) is 0. The van der Waals surface area contributed by atoms with Crippen LogP contribution in [0.1, 0.15) is 21.7 Å². The minimum Gasteiger partial charge on any atom is -0.477 e. The van der Waals surface area contributed by atoms with Crippen molar-refractivity contribution in [2.75, 3.05) is 5.32 Å². The Bertz CT molecular complexity index is 442. The minimum atomic E-state index is -0.991. The molecule has 1 aromatic heterocycles. The van der Waals surface area contributed by atoms with Crippen LogP contribution in [0.15, 0.2) is 6.07 Å². The lowest BCUT2D eigenvalue weighted by atomic mass is 10.3. The van der Waals surface area contributed by atoms with Gasteiger partial charge in [-0.2, -0.15) is 0 Å². The minimum absolute atomic E-state index is 0.0145. The van der Waals surface area contributed by atoms with Crippen molar-refractivity contribution in [1.29, 1.82) is 0 Å². The standard InChI is InChI=1S/C10H9NO3S/c1-3-4-7(12)11-8-5-6(2)9(15-8)10(13)14/h1,5H,4H2,2H3,(H,11,12)(H,13,14). The van der Waals surface area contributed by atoms with E-state index in [9.17, 15) is 9.59 Å². The highest BCUT2D eigenvalue weighted by Gasteiger charge is 2.13. The van der Waals surface area contributed by atoms with E-state index in [1.807, 2.05) is 0 Å². The fourth-order valence-corrected chi connectivity index (χ4v) is 1.96. The topological polar surface area (TPSA) is 66.4 Å². The molecule has 0 aliphatic heterocycles. The van der Waals surface area contributed by atoms with Crippen molar-refractivity contribution in [3.8, 4) is 12.3 Å². The Morgan fingerprint density at radius 2 is 2.33 bits per heavy atom. The van der Waals surface area contributed by atoms with E-state index >= 15 is 0 Å². The Labute approximate surface area is 90.9 Å². The second kappa shape index (κ2) is 4.62. The molecular formula is C10H9NO3S. The van der Waals surface area contributed by atoms with E-state index in [0.717, 1.165) is 11.3 Å². The number of carbonyl (C=O) groups is 2. The van der Waals surface area contributed by atoms with E-state index < -0.39 is 5.97 Å². The van der Waals surface area contributed by atoms with Crippen molar-refractivity contribution in [3.05, 3.63) is 16.5 Å². The van der Waals surface area contributed by atoms with E-state index in [-0.39, 0.29) is 17.2 Å². The maximum atomic E-state index is 11.1. The molecule has 78 valence electrons. The van der Waals surface area contributed by atoms with E-state index in [1.54, 1.807) is 13.0 Å². The first kappa shape index (κ1) is 11.3. The number of aryl methyl sites for hydroxylation is 1. The molecule has 0 atom stereocenters. The highest BCUT2D eigenvalue weighted by Crippen LogP contribution is 2.26. The molecule has 0 spiro atoms. The SMILES string of the molecule is C#CCC(=O)Nc1cc(C)c(C(=O)O)s1. The van der Waals surface area contributed by atoms with Crippen LogP contribution in [0.25, 0.3) is 0 Å². The summed E-state index contributed by atoms with van der Waals surface area (Å²) in [5.41, 5.74) is 0.628. The van der Waals surface area contributed by atoms with Crippen molar-refractivity contribution >= 4 is 28.2 Å². The fourth-order valence-electron chi connectivity index (χ4n) is 1.03. The first-order valence-corrected chi connectivity index (χ1v) is 4.93. The zero-order valence-electron chi connectivity index (χ0n) is 8.03. The largest absolute Gasteiger partial charge is 0.477 e. The van der Waals surface area contributed by atoms with Crippen LogP contribution in [0, 0.1) is 19.3 Å². The molecule has 0 unspecified atom stereocenters. The molecule has 0 aliphatic rings. The molecule has 15 heavy (non-hydrogen) atoms. The summed E-state index contributed by atoms with van der Waals surface area (Å²) in [5, 5.41) is 11.8. The number of carboxylic acid groups (broad SMARTS) is 1. The highest BCUT2D eigenvalue weighted by molar-refractivity contribution is 7.18. The average Bonchev–Trinajstić information content (AvgIpc) is 2.47. The van der Waals surface area contributed by atoms with Gasteiger partial charge in [0.2, 0.25) is 5.91 Å². The number of anilines is 1. The molecule has 1 rings (SSSR count). The monoisotopic (exact) mass is 223 g/mol. The normalized spacial score (nSPS) is 9.33. The number of rotatable bonds is 3. The van der Waals surface area contributed by atoms with Gasteiger partial charge in [-0.25, -0.2) is 4.79 Å². The summed E-state index contributed by atoms with van der Waals surface area (Å²) in [5.74, 6) is 0.908. The molecule has 4 nitrogen and oxygen atoms in total. The van der Waals surface area contributed by atoms with Crippen LogP contribution in [0.3, 0.4) is 0 Å². The van der Waals surface area contributed by atoms with E-state index in [0.29, 0.717) is 10.6 Å². The van der Waals surface area contributed by atoms with Gasteiger partial charge >= 0.3 is 5.97 Å². The van der Waals surface area contributed by atoms with Gasteiger partial charge in [0.25, 0.3) is 0 Å². The molecule has 0 aromatic carbocycles. The zero-order chi connectivity index (χ0) is 11.4. The van der Waals surface area contributed by atoms with Gasteiger partial charge in [0.15, 0.2) is 0 Å². The molecule has 2 N–H and O–H groups in total. The van der Waals surface area contributed by atoms with Gasteiger partial charge in [0, 0.05) is 0 Å². The third-order valence-electron chi connectivity index (χ3n) is 1.64. The second-order valence-electron chi connectivity index (χ2n) is 2.86. The Kier molecular flexibility index (Phi) is 3.47. The number of carboxylic acids is 1. The number of amides is 1. The number of hydrogen-bond acceptors (Lipinski definition) is 3. The van der Waals surface area contributed by atoms with Crippen molar-refractivity contribution in [2.45, 2.75) is 13.3 Å². The molecule has 5 heteroatoms. The summed E-state index contributed by atoms with van der Waals surface area (Å²) in [6.45, 7) is 1.68. The smallest absolute Gasteiger partial charge is 0.346 e. The quantitative estimate of drug-likeness (QED) is 0.767. The average molecular weight is 223 g/mol. The van der Waals surface area contributed by atoms with Crippen LogP contribution in [0.5, 0.6) is 0 Å². The van der Waals surface area contributed by atoms with Crippen LogP contribution < -0.4 is 5.32 Å². The van der Waals surface area contributed by atoms with E-state index in [2.05, 4.69) is 11.2 Å². The molecule has 1 aromatic rings. The molecule has 0 saturated carbocycles. The third-order valence-corrected chi connectivity index (χ3v) is 2.78. The summed E-state index contributed by atoms with van der Waals surface area (Å²) in [4.78, 5) is 22.0. The predicted octanol–water partition coefficient (Wildman–Crippen LogP) is 1.72. The van der Waals surface area contributed by atoms with Gasteiger partial charge in [-0.3, -0.25) is 4.79 Å². The van der Waals surface area contributed by atoms with Crippen molar-refractivity contribution in [2.24, 2.45) is 0 Å². The number of nitrogens with one attached hydrogen (secondary N) is 1. The molecule has 0 saturated heterocycles. The number of hydrogen-bond donors (Lipinski definition) is 2. The second-order valence-corrected chi connectivity index (χ2v) is 3.91. The molecule has 1 heterocycles. The first-order valence-electron chi connectivity index (χ1n) is 4.11. The number of carbonyl (C=O) groups excluding carboxylic acids is 1. The van der Waals surface area contributed by atoms with Crippen LogP contribution in [-0.2, 0) is 4.79 Å². The van der Waals surface area contributed by atoms with Gasteiger partial charge in [0.05, 0.1) is 11.4 Å². The Hall–Kier alpha value is -1.80. The molecule has 1 amide bonds. The summed E-state index contributed by atoms with van der Waals surface area (Å²) < 4.78 is 0. The summed E-state index contributed by atoms with van der Waals surface area (Å²) >= 11 is 1.02. The van der Waals surface area contributed by atoms with Gasteiger partial charge < -0.3 is 10.4 Å². The van der Waals surface area contributed by atoms with Crippen LogP contribution in [-0.4, -0.2) is 17.0 Å². The molecule has 0 aliphatic carbocycles. The predicted molar refractivity (Wildman–Crippen MR) is 58.1 cm³/mol. The van der Waals surface area contributed by atoms with Crippen LogP contribution >= 0.6 is 11.3 Å². The highest BCUT2D eigenvalue weighted by atomic mass is 32.1. The lowest BCUT2D eigenvalue weighted by molar-refractivity contribution is -0.115. The third kappa shape index (κ3) is 2.82. The van der Waals surface area contributed by atoms with E-state index in [1.165, 1.54) is 0 Å². The Morgan fingerprint density at radius 1 is 1.67 bits per heavy atom. The van der Waals surface area contributed by atoms with Gasteiger partial charge in [-0.05, 0) is 18.6 Å². The fraction of sp³-hybridized carbons (Fsp3) is 0.200. The lowest BCUT2D eigenvalue weighted by Gasteiger charge is -1.96. The van der Waals surface area contributed by atoms with Gasteiger partial charge in [-0.15, -0.1) is 17.8 Å². The first-order chi connectivity index (χ1) is 7.04. The molecule has 0 fully saturated rings. The van der Waals surface area contributed by atoms with Gasteiger partial charge in [0.1, 0.15) is 4.88 Å². The Morgan fingerprint density at radius 3 is 2.80 bits per heavy atom. The number of thiophene rings is 1. The van der Waals surface area contributed by atoms with Crippen molar-refractivity contribution in [1.82, 2.24) is 0 Å². The lowest BCUT2D eigenvalue weighted by Crippen LogP contribution is -2.08. The summed E-state index contributed by atoms with van der Waals surface area (Å²) in [6, 6.07) is 1.61. The van der Waals surface area contributed by atoms with Crippen molar-refractivity contribution < 1.29 is 14.7 Å². The van der Waals surface area contributed by atoms with Crippen molar-refractivity contribution in [3.63, 3.8) is 0 Å². The van der Waals surface area contributed by atoms with Crippen LogP contribution in [0.2, 0.25) is 0 Å². The van der Waals surface area contributed by atoms with E-state index in [4.69, 9.17) is 11.5 Å². The molecule has 0 bridgehead atoms. The number of aromatic carboxylic acids is 1. The number of terminal acetylenes is 1. The Balaban J connectivity index is 2.81. The maximum Gasteiger partial charge on any atom is 0.346 e. The van der Waals surface area contributed by atoms with Crippen LogP contribution in [0.4, 0.5) is 5.00 Å². The zero-order valence-corrected chi connectivity index (χ0v) is 8.85.